The molecular weight excluding hydrogens is 358 g/mol. The first-order valence-electron chi connectivity index (χ1n) is 10.1. The Bertz CT molecular complexity index is 668. The van der Waals surface area contributed by atoms with Crippen LogP contribution in [0.1, 0.15) is 25.3 Å². The number of amides is 1. The first kappa shape index (κ1) is 20.3. The highest BCUT2D eigenvalue weighted by atomic mass is 16.6. The van der Waals surface area contributed by atoms with E-state index in [-0.39, 0.29) is 12.1 Å². The summed E-state index contributed by atoms with van der Waals surface area (Å²) in [5.41, 5.74) is 8.48. The van der Waals surface area contributed by atoms with Crippen molar-refractivity contribution in [3.8, 4) is 0 Å². The van der Waals surface area contributed by atoms with Crippen molar-refractivity contribution in [3.05, 3.63) is 29.8 Å². The van der Waals surface area contributed by atoms with Gasteiger partial charge in [-0.2, -0.15) is 0 Å². The Labute approximate surface area is 166 Å². The maximum Gasteiger partial charge on any atom is 0.409 e. The van der Waals surface area contributed by atoms with E-state index in [4.69, 9.17) is 15.2 Å². The summed E-state index contributed by atoms with van der Waals surface area (Å²) in [5.74, 6) is 0.450. The molecule has 2 aliphatic heterocycles. The van der Waals surface area contributed by atoms with Gasteiger partial charge in [-0.25, -0.2) is 9.79 Å². The number of morpholine rings is 1. The van der Waals surface area contributed by atoms with Gasteiger partial charge in [-0.15, -0.1) is 0 Å². The predicted molar refractivity (Wildman–Crippen MR) is 110 cm³/mol. The Balaban J connectivity index is 1.51. The van der Waals surface area contributed by atoms with Crippen LogP contribution < -0.4 is 16.0 Å². The van der Waals surface area contributed by atoms with E-state index in [2.05, 4.69) is 33.4 Å². The SMILES string of the molecule is CCOC(=O)N1CCC(NC(N)=NCc2ccccc2N2CCOCC2)CC1. The molecule has 0 saturated carbocycles. The van der Waals surface area contributed by atoms with E-state index >= 15 is 0 Å². The van der Waals surface area contributed by atoms with Gasteiger partial charge in [-0.1, -0.05) is 18.2 Å². The zero-order chi connectivity index (χ0) is 19.8. The van der Waals surface area contributed by atoms with E-state index < -0.39 is 0 Å². The number of carbonyl (C=O) groups is 1. The fraction of sp³-hybridized carbons (Fsp3) is 0.600. The number of piperidine rings is 1. The molecule has 3 N–H and O–H groups in total. The van der Waals surface area contributed by atoms with Crippen LogP contribution in [0.4, 0.5) is 10.5 Å². The minimum absolute atomic E-state index is 0.226. The Kier molecular flexibility index (Phi) is 7.36. The first-order valence-corrected chi connectivity index (χ1v) is 10.1. The Hall–Kier alpha value is -2.48. The molecule has 2 fully saturated rings. The van der Waals surface area contributed by atoms with E-state index in [0.717, 1.165) is 44.7 Å². The number of rotatable bonds is 5. The molecule has 8 nitrogen and oxygen atoms in total. The number of nitrogens with one attached hydrogen (secondary N) is 1. The van der Waals surface area contributed by atoms with Gasteiger partial charge in [0.25, 0.3) is 0 Å². The van der Waals surface area contributed by atoms with Crippen molar-refractivity contribution in [2.45, 2.75) is 32.4 Å². The van der Waals surface area contributed by atoms with Crippen molar-refractivity contribution in [1.29, 1.82) is 0 Å². The minimum atomic E-state index is -0.234. The van der Waals surface area contributed by atoms with Crippen LogP contribution >= 0.6 is 0 Å². The van der Waals surface area contributed by atoms with Gasteiger partial charge in [0.1, 0.15) is 0 Å². The molecule has 3 rings (SSSR count). The van der Waals surface area contributed by atoms with E-state index in [1.165, 1.54) is 5.69 Å². The van der Waals surface area contributed by atoms with Crippen molar-refractivity contribution < 1.29 is 14.3 Å². The third-order valence-corrected chi connectivity index (χ3v) is 5.14. The number of hydrogen-bond donors (Lipinski definition) is 2. The number of nitrogens with two attached hydrogens (primary N) is 1. The molecule has 8 heteroatoms. The van der Waals surface area contributed by atoms with Crippen molar-refractivity contribution in [2.75, 3.05) is 50.9 Å². The highest BCUT2D eigenvalue weighted by Crippen LogP contribution is 2.22. The zero-order valence-corrected chi connectivity index (χ0v) is 16.6. The van der Waals surface area contributed by atoms with Crippen molar-refractivity contribution in [2.24, 2.45) is 10.7 Å². The summed E-state index contributed by atoms with van der Waals surface area (Å²) in [6.07, 6.45) is 1.43. The molecule has 2 saturated heterocycles. The molecule has 0 spiro atoms. The second kappa shape index (κ2) is 10.2. The average Bonchev–Trinajstić information content (AvgIpc) is 2.74. The van der Waals surface area contributed by atoms with Gasteiger partial charge in [0, 0.05) is 37.9 Å². The molecule has 28 heavy (non-hydrogen) atoms. The van der Waals surface area contributed by atoms with Gasteiger partial charge in [0.15, 0.2) is 5.96 Å². The molecule has 1 amide bonds. The number of ether oxygens (including phenoxy) is 2. The maximum atomic E-state index is 11.8. The number of aliphatic imine (C=N–C) groups is 1. The quantitative estimate of drug-likeness (QED) is 0.586. The summed E-state index contributed by atoms with van der Waals surface area (Å²) in [6, 6.07) is 8.54. The lowest BCUT2D eigenvalue weighted by molar-refractivity contribution is 0.0963. The highest BCUT2D eigenvalue weighted by Gasteiger charge is 2.23. The van der Waals surface area contributed by atoms with E-state index in [1.807, 2.05) is 13.0 Å². The van der Waals surface area contributed by atoms with Crippen LogP contribution in [-0.4, -0.2) is 69.0 Å². The highest BCUT2D eigenvalue weighted by molar-refractivity contribution is 5.78. The number of guanidine groups is 1. The molecule has 1 aromatic carbocycles. The Morgan fingerprint density at radius 3 is 2.68 bits per heavy atom. The van der Waals surface area contributed by atoms with Crippen molar-refractivity contribution in [1.82, 2.24) is 10.2 Å². The summed E-state index contributed by atoms with van der Waals surface area (Å²) in [7, 11) is 0. The van der Waals surface area contributed by atoms with E-state index in [0.29, 0.717) is 32.2 Å². The number of likely N-dealkylation sites (tertiary alicyclic amines) is 1. The monoisotopic (exact) mass is 389 g/mol. The summed E-state index contributed by atoms with van der Waals surface area (Å²) >= 11 is 0. The summed E-state index contributed by atoms with van der Waals surface area (Å²) in [5, 5.41) is 3.29. The second-order valence-electron chi connectivity index (χ2n) is 7.03. The molecular formula is C20H31N5O3. The molecule has 0 unspecified atom stereocenters. The normalized spacial score (nSPS) is 18.8. The molecule has 0 atom stereocenters. The van der Waals surface area contributed by atoms with Gasteiger partial charge in [0.05, 0.1) is 26.4 Å². The van der Waals surface area contributed by atoms with Gasteiger partial charge < -0.3 is 30.3 Å². The molecule has 0 radical (unpaired) electrons. The largest absolute Gasteiger partial charge is 0.450 e. The minimum Gasteiger partial charge on any atom is -0.450 e. The number of carbonyl (C=O) groups excluding carboxylic acids is 1. The lowest BCUT2D eigenvalue weighted by atomic mass is 10.1. The molecule has 1 aromatic rings. The first-order chi connectivity index (χ1) is 13.7. The maximum absolute atomic E-state index is 11.8. The molecule has 2 aliphatic rings. The molecule has 0 bridgehead atoms. The Morgan fingerprint density at radius 2 is 1.96 bits per heavy atom. The third-order valence-electron chi connectivity index (χ3n) is 5.14. The van der Waals surface area contributed by atoms with Gasteiger partial charge in [-0.05, 0) is 31.4 Å². The molecule has 154 valence electrons. The summed E-state index contributed by atoms with van der Waals surface area (Å²) in [6.45, 7) is 7.41. The van der Waals surface area contributed by atoms with Crippen LogP contribution in [0, 0.1) is 0 Å². The number of para-hydroxylation sites is 1. The van der Waals surface area contributed by atoms with Crippen LogP contribution in [0.25, 0.3) is 0 Å². The second-order valence-corrected chi connectivity index (χ2v) is 7.03. The van der Waals surface area contributed by atoms with Crippen LogP contribution in [0.5, 0.6) is 0 Å². The molecule has 2 heterocycles. The van der Waals surface area contributed by atoms with E-state index in [1.54, 1.807) is 4.90 Å². The van der Waals surface area contributed by atoms with Crippen LogP contribution in [0.2, 0.25) is 0 Å². The smallest absolute Gasteiger partial charge is 0.409 e. The summed E-state index contributed by atoms with van der Waals surface area (Å²) < 4.78 is 10.5. The fourth-order valence-electron chi connectivity index (χ4n) is 3.60. The van der Waals surface area contributed by atoms with Crippen LogP contribution in [0.15, 0.2) is 29.3 Å². The number of anilines is 1. The number of benzene rings is 1. The lowest BCUT2D eigenvalue weighted by Gasteiger charge is -2.32. The molecule has 0 aromatic heterocycles. The summed E-state index contributed by atoms with van der Waals surface area (Å²) in [4.78, 5) is 20.4. The van der Waals surface area contributed by atoms with Crippen molar-refractivity contribution >= 4 is 17.7 Å². The average molecular weight is 390 g/mol. The third kappa shape index (κ3) is 5.51. The van der Waals surface area contributed by atoms with Gasteiger partial charge in [0.2, 0.25) is 0 Å². The van der Waals surface area contributed by atoms with Crippen LogP contribution in [0.3, 0.4) is 0 Å². The number of nitrogens with zero attached hydrogens (tertiary/aromatic N) is 3. The Morgan fingerprint density at radius 1 is 1.25 bits per heavy atom. The lowest BCUT2D eigenvalue weighted by Crippen LogP contribution is -2.48. The van der Waals surface area contributed by atoms with Crippen molar-refractivity contribution in [3.63, 3.8) is 0 Å². The zero-order valence-electron chi connectivity index (χ0n) is 16.6. The van der Waals surface area contributed by atoms with Crippen LogP contribution in [-0.2, 0) is 16.0 Å². The molecule has 0 aliphatic carbocycles. The van der Waals surface area contributed by atoms with Gasteiger partial charge in [-0.3, -0.25) is 0 Å². The van der Waals surface area contributed by atoms with Gasteiger partial charge >= 0.3 is 6.09 Å². The fourth-order valence-corrected chi connectivity index (χ4v) is 3.60. The topological polar surface area (TPSA) is 92.4 Å². The van der Waals surface area contributed by atoms with E-state index in [9.17, 15) is 4.79 Å². The predicted octanol–water partition coefficient (Wildman–Crippen LogP) is 1.55. The number of hydrogen-bond acceptors (Lipinski definition) is 5. The standard InChI is InChI=1S/C20H31N5O3/c1-2-28-20(26)25-9-7-17(8-10-25)23-19(21)22-15-16-5-3-4-6-18(16)24-11-13-27-14-12-24/h3-6,17H,2,7-15H2,1H3,(H3,21,22,23).